The fraction of sp³-hybridized carbons (Fsp3) is 0.789. The molecule has 1 saturated carbocycles. The Balaban J connectivity index is 2.45. The van der Waals surface area contributed by atoms with Gasteiger partial charge >= 0.3 is 0 Å². The number of rotatable bonds is 8. The Bertz CT molecular complexity index is 297. The van der Waals surface area contributed by atoms with Gasteiger partial charge in [-0.15, -0.1) is 0 Å². The van der Waals surface area contributed by atoms with Crippen molar-refractivity contribution in [3.63, 3.8) is 0 Å². The molecule has 0 N–H and O–H groups in total. The number of unbranched alkanes of at least 4 members (excludes halogenated alkanes) is 1. The maximum absolute atomic E-state index is 2.49. The van der Waals surface area contributed by atoms with Crippen molar-refractivity contribution in [2.75, 3.05) is 0 Å². The van der Waals surface area contributed by atoms with Crippen LogP contribution in [0.25, 0.3) is 0 Å². The fourth-order valence-electron chi connectivity index (χ4n) is 3.42. The van der Waals surface area contributed by atoms with Crippen LogP contribution in [0.3, 0.4) is 0 Å². The van der Waals surface area contributed by atoms with Crippen molar-refractivity contribution < 1.29 is 0 Å². The van der Waals surface area contributed by atoms with Gasteiger partial charge < -0.3 is 0 Å². The van der Waals surface area contributed by atoms with Crippen LogP contribution in [0.5, 0.6) is 0 Å². The lowest BCUT2D eigenvalue weighted by Gasteiger charge is -2.41. The predicted octanol–water partition coefficient (Wildman–Crippen LogP) is 6.39. The van der Waals surface area contributed by atoms with E-state index >= 15 is 0 Å². The Kier molecular flexibility index (Phi) is 7.49. The first-order valence-corrected chi connectivity index (χ1v) is 8.43. The number of hydrogen-bond acceptors (Lipinski definition) is 0. The van der Waals surface area contributed by atoms with E-state index in [-0.39, 0.29) is 0 Å². The molecule has 0 saturated heterocycles. The van der Waals surface area contributed by atoms with Gasteiger partial charge in [0, 0.05) is 0 Å². The Morgan fingerprint density at radius 2 is 2.00 bits per heavy atom. The largest absolute Gasteiger partial charge is 0.0843 e. The topological polar surface area (TPSA) is 0 Å². The van der Waals surface area contributed by atoms with Gasteiger partial charge in [-0.25, -0.2) is 0 Å². The zero-order valence-corrected chi connectivity index (χ0v) is 13.8. The summed E-state index contributed by atoms with van der Waals surface area (Å²) in [5.74, 6) is 3.74. The molecule has 19 heavy (non-hydrogen) atoms. The summed E-state index contributed by atoms with van der Waals surface area (Å²) in [4.78, 5) is 0. The third kappa shape index (κ3) is 5.16. The quantitative estimate of drug-likeness (QED) is 0.445. The van der Waals surface area contributed by atoms with Crippen LogP contribution in [-0.4, -0.2) is 0 Å². The molecule has 0 aromatic rings. The highest BCUT2D eigenvalue weighted by molar-refractivity contribution is 5.15. The molecule has 0 bridgehead atoms. The highest BCUT2D eigenvalue weighted by atomic mass is 14.4. The molecule has 0 nitrogen and oxygen atoms in total. The Labute approximate surface area is 121 Å². The van der Waals surface area contributed by atoms with Crippen LogP contribution >= 0.6 is 0 Å². The molecule has 0 aromatic heterocycles. The zero-order chi connectivity index (χ0) is 14.3. The van der Waals surface area contributed by atoms with E-state index in [1.54, 1.807) is 0 Å². The third-order valence-electron chi connectivity index (χ3n) is 5.21. The molecule has 4 atom stereocenters. The maximum Gasteiger partial charge on any atom is -0.0314 e. The minimum absolute atomic E-state index is 0.877. The minimum Gasteiger partial charge on any atom is -0.0843 e. The van der Waals surface area contributed by atoms with Crippen LogP contribution in [0.4, 0.5) is 0 Å². The van der Waals surface area contributed by atoms with E-state index < -0.39 is 0 Å². The second-order valence-corrected chi connectivity index (χ2v) is 6.62. The average Bonchev–Trinajstić information content (AvgIpc) is 2.38. The molecule has 0 aliphatic heterocycles. The van der Waals surface area contributed by atoms with Gasteiger partial charge in [0.25, 0.3) is 0 Å². The van der Waals surface area contributed by atoms with Crippen molar-refractivity contribution in [1.29, 1.82) is 0 Å². The smallest absolute Gasteiger partial charge is 0.0314 e. The van der Waals surface area contributed by atoms with Crippen molar-refractivity contribution in [2.45, 2.75) is 73.1 Å². The monoisotopic (exact) mass is 262 g/mol. The van der Waals surface area contributed by atoms with Gasteiger partial charge in [-0.1, -0.05) is 70.8 Å². The Morgan fingerprint density at radius 1 is 1.26 bits per heavy atom. The molecule has 0 amide bonds. The summed E-state index contributed by atoms with van der Waals surface area (Å²) in [5.41, 5.74) is 1.45. The summed E-state index contributed by atoms with van der Waals surface area (Å²) in [6.45, 7) is 11.8. The molecule has 1 aliphatic rings. The first-order valence-electron chi connectivity index (χ1n) is 8.43. The Morgan fingerprint density at radius 3 is 2.47 bits per heavy atom. The molecule has 0 spiro atoms. The third-order valence-corrected chi connectivity index (χ3v) is 5.21. The van der Waals surface area contributed by atoms with Crippen molar-refractivity contribution in [3.8, 4) is 0 Å². The van der Waals surface area contributed by atoms with Crippen LogP contribution in [0, 0.1) is 23.7 Å². The van der Waals surface area contributed by atoms with Crippen LogP contribution in [0.15, 0.2) is 23.8 Å². The normalized spacial score (nSPS) is 27.3. The summed E-state index contributed by atoms with van der Waals surface area (Å²) in [5, 5.41) is 0. The van der Waals surface area contributed by atoms with E-state index in [0.717, 1.165) is 23.7 Å². The molecule has 4 unspecified atom stereocenters. The molecule has 0 aromatic carbocycles. The standard InChI is InChI=1S/C19H34/c1-6-8-9-10-15(3)11-13-18(7-2)17(5)19-14-12-16(19)4/h9-11,16-19H,6-8,12-14H2,1-5H3. The summed E-state index contributed by atoms with van der Waals surface area (Å²) >= 11 is 0. The van der Waals surface area contributed by atoms with Crippen LogP contribution < -0.4 is 0 Å². The van der Waals surface area contributed by atoms with E-state index in [1.807, 2.05) is 0 Å². The molecule has 1 rings (SSSR count). The zero-order valence-electron chi connectivity index (χ0n) is 13.8. The average molecular weight is 262 g/mol. The van der Waals surface area contributed by atoms with Crippen molar-refractivity contribution >= 4 is 0 Å². The van der Waals surface area contributed by atoms with Crippen molar-refractivity contribution in [3.05, 3.63) is 23.8 Å². The minimum atomic E-state index is 0.877. The van der Waals surface area contributed by atoms with E-state index in [4.69, 9.17) is 0 Å². The lowest BCUT2D eigenvalue weighted by molar-refractivity contribution is 0.0881. The first kappa shape index (κ1) is 16.5. The summed E-state index contributed by atoms with van der Waals surface area (Å²) in [6.07, 6.45) is 15.0. The second-order valence-electron chi connectivity index (χ2n) is 6.62. The van der Waals surface area contributed by atoms with Crippen LogP contribution in [0.2, 0.25) is 0 Å². The maximum atomic E-state index is 2.49. The summed E-state index contributed by atoms with van der Waals surface area (Å²) in [7, 11) is 0. The number of allylic oxidation sites excluding steroid dienone is 4. The van der Waals surface area contributed by atoms with Gasteiger partial charge in [-0.2, -0.15) is 0 Å². The molecular formula is C19H34. The van der Waals surface area contributed by atoms with Gasteiger partial charge in [0.05, 0.1) is 0 Å². The highest BCUT2D eigenvalue weighted by Crippen LogP contribution is 2.43. The van der Waals surface area contributed by atoms with E-state index in [2.05, 4.69) is 52.8 Å². The molecule has 0 heteroatoms. The SMILES string of the molecule is CCCC=CC(C)=CCC(CC)C(C)C1CCC1C. The van der Waals surface area contributed by atoms with Crippen LogP contribution in [0.1, 0.15) is 73.1 Å². The lowest BCUT2D eigenvalue weighted by Crippen LogP contribution is -2.33. The summed E-state index contributed by atoms with van der Waals surface area (Å²) < 4.78 is 0. The molecule has 1 fully saturated rings. The van der Waals surface area contributed by atoms with Gasteiger partial charge in [-0.05, 0) is 49.9 Å². The number of hydrogen-bond donors (Lipinski definition) is 0. The van der Waals surface area contributed by atoms with Gasteiger partial charge in [0.15, 0.2) is 0 Å². The van der Waals surface area contributed by atoms with E-state index in [0.29, 0.717) is 0 Å². The first-order chi connectivity index (χ1) is 9.10. The molecular weight excluding hydrogens is 228 g/mol. The Hall–Kier alpha value is -0.520. The second kappa shape index (κ2) is 8.61. The predicted molar refractivity (Wildman–Crippen MR) is 87.3 cm³/mol. The molecule has 110 valence electrons. The van der Waals surface area contributed by atoms with Crippen molar-refractivity contribution in [2.24, 2.45) is 23.7 Å². The highest BCUT2D eigenvalue weighted by Gasteiger charge is 2.34. The van der Waals surface area contributed by atoms with Gasteiger partial charge in [-0.3, -0.25) is 0 Å². The van der Waals surface area contributed by atoms with Gasteiger partial charge in [0.1, 0.15) is 0 Å². The molecule has 1 aliphatic carbocycles. The van der Waals surface area contributed by atoms with Gasteiger partial charge in [0.2, 0.25) is 0 Å². The van der Waals surface area contributed by atoms with E-state index in [1.165, 1.54) is 44.1 Å². The van der Waals surface area contributed by atoms with E-state index in [9.17, 15) is 0 Å². The summed E-state index contributed by atoms with van der Waals surface area (Å²) in [6, 6.07) is 0. The molecule has 0 radical (unpaired) electrons. The lowest BCUT2D eigenvalue weighted by atomic mass is 9.64. The molecule has 0 heterocycles. The fourth-order valence-corrected chi connectivity index (χ4v) is 3.42. The van der Waals surface area contributed by atoms with Crippen molar-refractivity contribution in [1.82, 2.24) is 0 Å². The van der Waals surface area contributed by atoms with Crippen LogP contribution in [-0.2, 0) is 0 Å².